The Morgan fingerprint density at radius 1 is 0.821 bits per heavy atom. The van der Waals surface area contributed by atoms with Crippen molar-refractivity contribution < 1.29 is 48.5 Å². The van der Waals surface area contributed by atoms with Crippen LogP contribution in [0.4, 0.5) is 0 Å². The van der Waals surface area contributed by atoms with Gasteiger partial charge in [0.1, 0.15) is 34.3 Å². The Morgan fingerprint density at radius 2 is 1.49 bits per heavy atom. The molecule has 39 heavy (non-hydrogen) atoms. The second-order valence-electron chi connectivity index (χ2n) is 8.45. The molecule has 4 N–H and O–H groups in total. The van der Waals surface area contributed by atoms with E-state index in [1.807, 2.05) is 0 Å². The zero-order valence-corrected chi connectivity index (χ0v) is 21.6. The molecule has 0 radical (unpaired) electrons. The van der Waals surface area contributed by atoms with Crippen LogP contribution in [-0.4, -0.2) is 61.6 Å². The Bertz CT molecular complexity index is 1520. The van der Waals surface area contributed by atoms with Crippen LogP contribution in [0, 0.1) is 0 Å². The van der Waals surface area contributed by atoms with Gasteiger partial charge in [0.15, 0.2) is 34.5 Å². The number of phenols is 3. The Labute approximate surface area is 222 Å². The molecule has 1 heterocycles. The highest BCUT2D eigenvalue weighted by Crippen LogP contribution is 2.44. The zero-order valence-electron chi connectivity index (χ0n) is 21.6. The van der Waals surface area contributed by atoms with Crippen molar-refractivity contribution >= 4 is 11.0 Å². The van der Waals surface area contributed by atoms with E-state index in [0.29, 0.717) is 11.1 Å². The van der Waals surface area contributed by atoms with Gasteiger partial charge in [-0.1, -0.05) is 6.07 Å². The maximum atomic E-state index is 12.7. The standard InChI is InChI=1S/C28H28O11/c1-34-21-7-14(5-6-17(21)31)27(37-4)25(13-29)39-28-23(35-2)8-15(9-24(28)36-3)20-12-19(33)26-18(32)10-16(30)11-22(26)38-20/h5-12,25,27,29-32H,13H2,1-4H3/t25-,27-/m1/s1. The quantitative estimate of drug-likeness (QED) is 0.232. The minimum Gasteiger partial charge on any atom is -0.508 e. The van der Waals surface area contributed by atoms with Crippen LogP contribution in [0.3, 0.4) is 0 Å². The van der Waals surface area contributed by atoms with Crippen LogP contribution in [0.1, 0.15) is 11.7 Å². The van der Waals surface area contributed by atoms with Gasteiger partial charge < -0.3 is 48.5 Å². The van der Waals surface area contributed by atoms with Crippen LogP contribution in [0.2, 0.25) is 0 Å². The normalized spacial score (nSPS) is 12.6. The molecular formula is C28H28O11. The van der Waals surface area contributed by atoms with Crippen LogP contribution in [-0.2, 0) is 4.74 Å². The Hall–Kier alpha value is -4.61. The lowest BCUT2D eigenvalue weighted by Crippen LogP contribution is -2.30. The summed E-state index contributed by atoms with van der Waals surface area (Å²) in [5.74, 6) is 0.155. The summed E-state index contributed by atoms with van der Waals surface area (Å²) in [6, 6.07) is 11.2. The molecule has 0 fully saturated rings. The fourth-order valence-corrected chi connectivity index (χ4v) is 4.25. The monoisotopic (exact) mass is 540 g/mol. The Morgan fingerprint density at radius 3 is 2.08 bits per heavy atom. The van der Waals surface area contributed by atoms with Gasteiger partial charge in [-0.15, -0.1) is 0 Å². The Balaban J connectivity index is 1.76. The van der Waals surface area contributed by atoms with Crippen molar-refractivity contribution in [2.75, 3.05) is 35.0 Å². The van der Waals surface area contributed by atoms with Gasteiger partial charge in [-0.25, -0.2) is 0 Å². The molecule has 0 bridgehead atoms. The molecule has 0 saturated carbocycles. The molecule has 2 atom stereocenters. The number of ether oxygens (including phenoxy) is 5. The summed E-state index contributed by atoms with van der Waals surface area (Å²) in [4.78, 5) is 12.7. The minimum absolute atomic E-state index is 0.0131. The third kappa shape index (κ3) is 5.35. The number of phenolic OH excluding ortho intramolecular Hbond substituents is 3. The largest absolute Gasteiger partial charge is 0.508 e. The molecule has 3 aromatic carbocycles. The Kier molecular flexibility index (Phi) is 8.03. The van der Waals surface area contributed by atoms with Gasteiger partial charge in [0.25, 0.3) is 0 Å². The van der Waals surface area contributed by atoms with E-state index in [9.17, 15) is 25.2 Å². The second-order valence-corrected chi connectivity index (χ2v) is 8.45. The lowest BCUT2D eigenvalue weighted by Gasteiger charge is -2.27. The third-order valence-electron chi connectivity index (χ3n) is 6.11. The van der Waals surface area contributed by atoms with E-state index in [-0.39, 0.29) is 51.2 Å². The van der Waals surface area contributed by atoms with Gasteiger partial charge >= 0.3 is 0 Å². The smallest absolute Gasteiger partial charge is 0.204 e. The topological polar surface area (TPSA) is 157 Å². The number of aliphatic hydroxyl groups is 1. The molecule has 0 aliphatic carbocycles. The molecule has 206 valence electrons. The van der Waals surface area contributed by atoms with Crippen molar-refractivity contribution in [1.82, 2.24) is 0 Å². The summed E-state index contributed by atoms with van der Waals surface area (Å²) in [7, 11) is 5.68. The fraction of sp³-hybridized carbons (Fsp3) is 0.250. The maximum Gasteiger partial charge on any atom is 0.204 e. The molecule has 11 heteroatoms. The van der Waals surface area contributed by atoms with Crippen molar-refractivity contribution in [3.8, 4) is 51.6 Å². The molecule has 0 aliphatic heterocycles. The van der Waals surface area contributed by atoms with Crippen molar-refractivity contribution in [2.24, 2.45) is 0 Å². The van der Waals surface area contributed by atoms with Crippen molar-refractivity contribution in [3.05, 3.63) is 64.3 Å². The molecular weight excluding hydrogens is 512 g/mol. The van der Waals surface area contributed by atoms with Crippen LogP contribution in [0.5, 0.6) is 40.2 Å². The number of aliphatic hydroxyl groups excluding tert-OH is 1. The molecule has 1 aromatic heterocycles. The molecule has 0 amide bonds. The van der Waals surface area contributed by atoms with E-state index in [0.717, 1.165) is 6.07 Å². The lowest BCUT2D eigenvalue weighted by molar-refractivity contribution is -0.0273. The fourth-order valence-electron chi connectivity index (χ4n) is 4.25. The highest BCUT2D eigenvalue weighted by Gasteiger charge is 2.29. The van der Waals surface area contributed by atoms with Crippen LogP contribution in [0.25, 0.3) is 22.3 Å². The van der Waals surface area contributed by atoms with E-state index in [2.05, 4.69) is 0 Å². The summed E-state index contributed by atoms with van der Waals surface area (Å²) in [6.45, 7) is -0.456. The number of hydrogen-bond acceptors (Lipinski definition) is 11. The predicted molar refractivity (Wildman–Crippen MR) is 140 cm³/mol. The number of rotatable bonds is 10. The minimum atomic E-state index is -0.942. The molecule has 4 aromatic rings. The summed E-state index contributed by atoms with van der Waals surface area (Å²) in [5, 5.41) is 40.0. The van der Waals surface area contributed by atoms with Crippen molar-refractivity contribution in [3.63, 3.8) is 0 Å². The summed E-state index contributed by atoms with van der Waals surface area (Å²) in [5.41, 5.74) is 0.422. The molecule has 0 unspecified atom stereocenters. The van der Waals surface area contributed by atoms with Gasteiger partial charge in [-0.3, -0.25) is 4.79 Å². The van der Waals surface area contributed by atoms with Gasteiger partial charge in [0.05, 0.1) is 27.9 Å². The number of methoxy groups -OCH3 is 4. The van der Waals surface area contributed by atoms with E-state index < -0.39 is 30.0 Å². The van der Waals surface area contributed by atoms with E-state index in [1.165, 1.54) is 46.6 Å². The summed E-state index contributed by atoms with van der Waals surface area (Å²) in [6.07, 6.45) is -1.72. The van der Waals surface area contributed by atoms with Gasteiger partial charge in [-0.05, 0) is 29.8 Å². The first kappa shape index (κ1) is 27.4. The average molecular weight is 541 g/mol. The summed E-state index contributed by atoms with van der Waals surface area (Å²) < 4.78 is 33.8. The molecule has 0 saturated heterocycles. The molecule has 11 nitrogen and oxygen atoms in total. The van der Waals surface area contributed by atoms with E-state index in [1.54, 1.807) is 24.3 Å². The first-order valence-corrected chi connectivity index (χ1v) is 11.7. The van der Waals surface area contributed by atoms with E-state index in [4.69, 9.17) is 28.1 Å². The maximum absolute atomic E-state index is 12.7. The average Bonchev–Trinajstić information content (AvgIpc) is 2.92. The first-order chi connectivity index (χ1) is 18.7. The van der Waals surface area contributed by atoms with Gasteiger partial charge in [0.2, 0.25) is 5.75 Å². The first-order valence-electron chi connectivity index (χ1n) is 11.7. The molecule has 0 spiro atoms. The van der Waals surface area contributed by atoms with Gasteiger partial charge in [0, 0.05) is 30.9 Å². The number of fused-ring (bicyclic) bond motifs is 1. The van der Waals surface area contributed by atoms with Crippen LogP contribution in [0.15, 0.2) is 57.7 Å². The SMILES string of the molecule is COc1cc([C@@H](OC)[C@@H](CO)Oc2c(OC)cc(-c3cc(=O)c4c(O)cc(O)cc4o3)cc2OC)ccc1O. The third-order valence-corrected chi connectivity index (χ3v) is 6.11. The second kappa shape index (κ2) is 11.4. The predicted octanol–water partition coefficient (Wildman–Crippen LogP) is 3.73. The highest BCUT2D eigenvalue weighted by molar-refractivity contribution is 5.86. The van der Waals surface area contributed by atoms with Crippen LogP contribution < -0.4 is 24.4 Å². The van der Waals surface area contributed by atoms with Crippen molar-refractivity contribution in [2.45, 2.75) is 12.2 Å². The summed E-state index contributed by atoms with van der Waals surface area (Å²) >= 11 is 0. The number of hydrogen-bond donors (Lipinski definition) is 4. The highest BCUT2D eigenvalue weighted by atomic mass is 16.6. The van der Waals surface area contributed by atoms with Gasteiger partial charge in [-0.2, -0.15) is 0 Å². The van der Waals surface area contributed by atoms with E-state index >= 15 is 0 Å². The van der Waals surface area contributed by atoms with Crippen molar-refractivity contribution in [1.29, 1.82) is 0 Å². The zero-order chi connectivity index (χ0) is 28.3. The molecule has 0 aliphatic rings. The molecule has 4 rings (SSSR count). The van der Waals surface area contributed by atoms with Crippen LogP contribution >= 0.6 is 0 Å². The number of aromatic hydroxyl groups is 3. The number of benzene rings is 3. The lowest BCUT2D eigenvalue weighted by atomic mass is 10.0.